The molecule has 0 aliphatic rings. The van der Waals surface area contributed by atoms with Crippen LogP contribution in [0.5, 0.6) is 0 Å². The van der Waals surface area contributed by atoms with Crippen LogP contribution in [0.25, 0.3) is 0 Å². The first-order valence-electron chi connectivity index (χ1n) is 6.07. The minimum absolute atomic E-state index is 0.0353. The molecule has 0 aromatic heterocycles. The average molecular weight is 306 g/mol. The molecule has 2 amide bonds. The third-order valence-corrected chi connectivity index (χ3v) is 2.56. The number of carbonyl (C=O) groups is 1. The number of anilines is 1. The third-order valence-electron chi connectivity index (χ3n) is 2.56. The van der Waals surface area contributed by atoms with Gasteiger partial charge in [0.25, 0.3) is 0 Å². The van der Waals surface area contributed by atoms with E-state index in [1.165, 1.54) is 14.0 Å². The number of hydrogen-bond donors (Lipinski definition) is 3. The van der Waals surface area contributed by atoms with Crippen molar-refractivity contribution in [2.75, 3.05) is 25.6 Å². The number of aliphatic hydroxyl groups is 1. The van der Waals surface area contributed by atoms with Crippen molar-refractivity contribution in [3.05, 3.63) is 29.8 Å². The Balaban J connectivity index is 2.52. The van der Waals surface area contributed by atoms with E-state index in [1.54, 1.807) is 0 Å². The number of carbonyl (C=O) groups excluding carboxylic acids is 1. The van der Waals surface area contributed by atoms with Gasteiger partial charge in [0, 0.05) is 12.8 Å². The average Bonchev–Trinajstić information content (AvgIpc) is 2.36. The van der Waals surface area contributed by atoms with Gasteiger partial charge in [0.05, 0.1) is 18.7 Å². The summed E-state index contributed by atoms with van der Waals surface area (Å²) < 4.78 is 41.9. The molecule has 0 fully saturated rings. The van der Waals surface area contributed by atoms with Crippen LogP contribution in [0.1, 0.15) is 12.5 Å². The molecule has 0 spiro atoms. The molecule has 1 atom stereocenters. The Kier molecular flexibility index (Phi) is 5.56. The zero-order valence-electron chi connectivity index (χ0n) is 11.6. The van der Waals surface area contributed by atoms with Gasteiger partial charge in [0.15, 0.2) is 0 Å². The summed E-state index contributed by atoms with van der Waals surface area (Å²) in [6.07, 6.45) is -4.42. The van der Waals surface area contributed by atoms with E-state index in [9.17, 15) is 23.1 Å². The smallest absolute Gasteiger partial charge is 0.386 e. The van der Waals surface area contributed by atoms with E-state index in [0.29, 0.717) is 0 Å². The maximum absolute atomic E-state index is 12.4. The number of urea groups is 1. The fraction of sp³-hybridized carbons (Fsp3) is 0.462. The molecule has 0 aliphatic carbocycles. The molecule has 0 aliphatic heterocycles. The lowest BCUT2D eigenvalue weighted by atomic mass is 10.1. The largest absolute Gasteiger partial charge is 0.416 e. The third kappa shape index (κ3) is 6.01. The molecule has 3 N–H and O–H groups in total. The number of hydrogen-bond acceptors (Lipinski definition) is 3. The minimum atomic E-state index is -4.42. The molecule has 1 aromatic rings. The van der Waals surface area contributed by atoms with Crippen molar-refractivity contribution in [2.24, 2.45) is 0 Å². The lowest BCUT2D eigenvalue weighted by molar-refractivity contribution is -0.137. The fourth-order valence-corrected chi connectivity index (χ4v) is 1.55. The Labute approximate surface area is 120 Å². The molecule has 0 saturated heterocycles. The number of halogens is 3. The zero-order valence-corrected chi connectivity index (χ0v) is 11.6. The minimum Gasteiger partial charge on any atom is -0.386 e. The molecule has 1 rings (SSSR count). The molecule has 0 radical (unpaired) electrons. The van der Waals surface area contributed by atoms with E-state index in [2.05, 4.69) is 10.6 Å². The topological polar surface area (TPSA) is 70.6 Å². The monoisotopic (exact) mass is 306 g/mol. The summed E-state index contributed by atoms with van der Waals surface area (Å²) in [6.45, 7) is 1.45. The van der Waals surface area contributed by atoms with Crippen molar-refractivity contribution in [1.29, 1.82) is 0 Å². The predicted molar refractivity (Wildman–Crippen MR) is 71.0 cm³/mol. The van der Waals surface area contributed by atoms with Crippen molar-refractivity contribution in [3.8, 4) is 0 Å². The van der Waals surface area contributed by atoms with E-state index in [0.717, 1.165) is 24.3 Å². The second kappa shape index (κ2) is 6.77. The highest BCUT2D eigenvalue weighted by Gasteiger charge is 2.30. The summed E-state index contributed by atoms with van der Waals surface area (Å²) in [7, 11) is 1.41. The summed E-state index contributed by atoms with van der Waals surface area (Å²) in [5, 5.41) is 14.5. The van der Waals surface area contributed by atoms with Crippen LogP contribution in [-0.4, -0.2) is 37.0 Å². The van der Waals surface area contributed by atoms with Crippen LogP contribution >= 0.6 is 0 Å². The van der Waals surface area contributed by atoms with E-state index < -0.39 is 23.4 Å². The van der Waals surface area contributed by atoms with E-state index in [4.69, 9.17) is 4.74 Å². The van der Waals surface area contributed by atoms with Crippen LogP contribution in [-0.2, 0) is 10.9 Å². The van der Waals surface area contributed by atoms with Crippen LogP contribution in [0.4, 0.5) is 23.7 Å². The molecular formula is C13H17F3N2O3. The van der Waals surface area contributed by atoms with Gasteiger partial charge in [0.1, 0.15) is 5.60 Å². The first kappa shape index (κ1) is 17.3. The Morgan fingerprint density at radius 3 is 2.33 bits per heavy atom. The van der Waals surface area contributed by atoms with Crippen molar-refractivity contribution in [3.63, 3.8) is 0 Å². The van der Waals surface area contributed by atoms with Crippen molar-refractivity contribution >= 4 is 11.7 Å². The first-order valence-corrected chi connectivity index (χ1v) is 6.07. The van der Waals surface area contributed by atoms with Gasteiger partial charge >= 0.3 is 12.2 Å². The number of alkyl halides is 3. The SMILES string of the molecule is COC[C@](C)(O)CNC(=O)Nc1ccc(C(F)(F)F)cc1. The Hall–Kier alpha value is -1.80. The van der Waals surface area contributed by atoms with Crippen LogP contribution in [0.2, 0.25) is 0 Å². The first-order chi connectivity index (χ1) is 9.64. The predicted octanol–water partition coefficient (Wildman–Crippen LogP) is 2.22. The molecule has 0 saturated carbocycles. The number of amides is 2. The molecule has 0 bridgehead atoms. The van der Waals surface area contributed by atoms with Crippen LogP contribution in [0, 0.1) is 0 Å². The molecule has 8 heteroatoms. The molecular weight excluding hydrogens is 289 g/mol. The summed E-state index contributed by atoms with van der Waals surface area (Å²) in [5.41, 5.74) is -1.81. The van der Waals surface area contributed by atoms with Gasteiger partial charge in [-0.25, -0.2) is 4.79 Å². The van der Waals surface area contributed by atoms with Gasteiger partial charge in [-0.3, -0.25) is 0 Å². The second-order valence-electron chi connectivity index (χ2n) is 4.81. The van der Waals surface area contributed by atoms with Gasteiger partial charge in [-0.05, 0) is 31.2 Å². The van der Waals surface area contributed by atoms with Crippen molar-refractivity contribution < 1.29 is 27.8 Å². The van der Waals surface area contributed by atoms with E-state index >= 15 is 0 Å². The molecule has 118 valence electrons. The van der Waals surface area contributed by atoms with Crippen LogP contribution in [0.3, 0.4) is 0 Å². The van der Waals surface area contributed by atoms with Gasteiger partial charge in [-0.2, -0.15) is 13.2 Å². The summed E-state index contributed by atoms with van der Waals surface area (Å²) in [6, 6.07) is 3.41. The number of rotatable bonds is 5. The standard InChI is InChI=1S/C13H17F3N2O3/c1-12(20,8-21-2)7-17-11(19)18-10-5-3-9(4-6-10)13(14,15)16/h3-6,20H,7-8H2,1-2H3,(H2,17,18,19)/t12-/m1/s1. The van der Waals surface area contributed by atoms with Gasteiger partial charge in [-0.15, -0.1) is 0 Å². The Morgan fingerprint density at radius 2 is 1.86 bits per heavy atom. The molecule has 1 aromatic carbocycles. The highest BCUT2D eigenvalue weighted by atomic mass is 19.4. The number of methoxy groups -OCH3 is 1. The highest BCUT2D eigenvalue weighted by Crippen LogP contribution is 2.29. The lowest BCUT2D eigenvalue weighted by Gasteiger charge is -2.22. The lowest BCUT2D eigenvalue weighted by Crippen LogP contribution is -2.45. The van der Waals surface area contributed by atoms with E-state index in [-0.39, 0.29) is 18.8 Å². The normalized spacial score (nSPS) is 14.4. The van der Waals surface area contributed by atoms with Gasteiger partial charge in [0.2, 0.25) is 0 Å². The fourth-order valence-electron chi connectivity index (χ4n) is 1.55. The number of nitrogens with one attached hydrogen (secondary N) is 2. The molecule has 0 heterocycles. The van der Waals surface area contributed by atoms with Crippen LogP contribution in [0.15, 0.2) is 24.3 Å². The molecule has 21 heavy (non-hydrogen) atoms. The zero-order chi connectivity index (χ0) is 16.1. The highest BCUT2D eigenvalue weighted by molar-refractivity contribution is 5.89. The van der Waals surface area contributed by atoms with Crippen molar-refractivity contribution in [2.45, 2.75) is 18.7 Å². The maximum Gasteiger partial charge on any atom is 0.416 e. The van der Waals surface area contributed by atoms with E-state index in [1.807, 2.05) is 0 Å². The van der Waals surface area contributed by atoms with Crippen molar-refractivity contribution in [1.82, 2.24) is 5.32 Å². The Morgan fingerprint density at radius 1 is 1.29 bits per heavy atom. The summed E-state index contributed by atoms with van der Waals surface area (Å²) in [4.78, 5) is 11.5. The second-order valence-corrected chi connectivity index (χ2v) is 4.81. The number of benzene rings is 1. The van der Waals surface area contributed by atoms with Gasteiger partial charge in [-0.1, -0.05) is 0 Å². The summed E-state index contributed by atoms with van der Waals surface area (Å²) >= 11 is 0. The van der Waals surface area contributed by atoms with Gasteiger partial charge < -0.3 is 20.5 Å². The quantitative estimate of drug-likeness (QED) is 0.781. The maximum atomic E-state index is 12.4. The number of ether oxygens (including phenoxy) is 1. The Bertz CT molecular complexity index is 473. The summed E-state index contributed by atoms with van der Waals surface area (Å²) in [5.74, 6) is 0. The molecule has 5 nitrogen and oxygen atoms in total. The molecule has 0 unspecified atom stereocenters. The van der Waals surface area contributed by atoms with Crippen LogP contribution < -0.4 is 10.6 Å².